The zero-order valence-electron chi connectivity index (χ0n) is 7.29. The SMILES string of the molecule is O=C(n1c(=O)cc[nH]c1=O)C(Cl)(Cl)N(Cl)Cl. The van der Waals surface area contributed by atoms with Gasteiger partial charge in [0.2, 0.25) is 0 Å². The van der Waals surface area contributed by atoms with Crippen molar-refractivity contribution in [2.24, 2.45) is 0 Å². The van der Waals surface area contributed by atoms with Gasteiger partial charge in [0.15, 0.2) is 0 Å². The Labute approximate surface area is 108 Å². The summed E-state index contributed by atoms with van der Waals surface area (Å²) in [5.41, 5.74) is -1.91. The molecule has 0 aromatic carbocycles. The Morgan fingerprint density at radius 2 is 1.94 bits per heavy atom. The highest BCUT2D eigenvalue weighted by atomic mass is 35.6. The zero-order chi connectivity index (χ0) is 12.5. The van der Waals surface area contributed by atoms with E-state index in [1.165, 1.54) is 0 Å². The van der Waals surface area contributed by atoms with Gasteiger partial charge in [-0.15, -0.1) is 0 Å². The summed E-state index contributed by atoms with van der Waals surface area (Å²) in [6, 6.07) is 0.940. The van der Waals surface area contributed by atoms with Crippen molar-refractivity contribution >= 4 is 52.7 Å². The minimum absolute atomic E-state index is 0.122. The number of H-pyrrole nitrogens is 1. The van der Waals surface area contributed by atoms with Crippen LogP contribution in [0.15, 0.2) is 21.9 Å². The molecule has 0 aliphatic rings. The summed E-state index contributed by atoms with van der Waals surface area (Å²) in [4.78, 5) is 36.2. The van der Waals surface area contributed by atoms with E-state index in [0.29, 0.717) is 0 Å². The standard InChI is InChI=1S/C6H3Cl4N3O3/c7-6(8,13(9)10)4(15)12-3(14)1-2-11-5(12)16/h1-2H,(H,11,16). The molecule has 0 spiro atoms. The number of rotatable bonds is 2. The number of aromatic nitrogens is 2. The fraction of sp³-hybridized carbons (Fsp3) is 0.167. The Kier molecular flexibility index (Phi) is 4.03. The lowest BCUT2D eigenvalue weighted by atomic mass is 10.5. The molecule has 16 heavy (non-hydrogen) atoms. The molecular formula is C6H3Cl4N3O3. The molecule has 0 unspecified atom stereocenters. The minimum atomic E-state index is -2.44. The molecular weight excluding hydrogens is 304 g/mol. The number of aromatic amines is 1. The van der Waals surface area contributed by atoms with Gasteiger partial charge < -0.3 is 4.98 Å². The molecule has 0 saturated heterocycles. The van der Waals surface area contributed by atoms with E-state index in [-0.39, 0.29) is 8.51 Å². The fourth-order valence-corrected chi connectivity index (χ4v) is 1.14. The topological polar surface area (TPSA) is 75.2 Å². The first kappa shape index (κ1) is 13.5. The fourth-order valence-electron chi connectivity index (χ4n) is 0.823. The molecule has 1 rings (SSSR count). The van der Waals surface area contributed by atoms with Crippen molar-refractivity contribution in [3.05, 3.63) is 33.1 Å². The quantitative estimate of drug-likeness (QED) is 0.501. The van der Waals surface area contributed by atoms with Gasteiger partial charge in [-0.2, -0.15) is 4.57 Å². The lowest BCUT2D eigenvalue weighted by Gasteiger charge is -2.19. The monoisotopic (exact) mass is 305 g/mol. The normalized spacial score (nSPS) is 11.8. The average molecular weight is 307 g/mol. The highest BCUT2D eigenvalue weighted by Crippen LogP contribution is 2.30. The van der Waals surface area contributed by atoms with Crippen LogP contribution in [0.3, 0.4) is 0 Å². The zero-order valence-corrected chi connectivity index (χ0v) is 10.3. The van der Waals surface area contributed by atoms with Crippen LogP contribution in [0.2, 0.25) is 0 Å². The summed E-state index contributed by atoms with van der Waals surface area (Å²) in [6.45, 7) is 0. The molecule has 88 valence electrons. The van der Waals surface area contributed by atoms with E-state index in [4.69, 9.17) is 46.8 Å². The molecule has 0 atom stereocenters. The molecule has 0 aliphatic carbocycles. The molecule has 10 heteroatoms. The van der Waals surface area contributed by atoms with Gasteiger partial charge in [-0.25, -0.2) is 4.79 Å². The number of hydrogen-bond acceptors (Lipinski definition) is 4. The van der Waals surface area contributed by atoms with E-state index in [2.05, 4.69) is 4.98 Å². The maximum Gasteiger partial charge on any atom is 0.335 e. The van der Waals surface area contributed by atoms with Crippen molar-refractivity contribution in [1.82, 2.24) is 13.5 Å². The van der Waals surface area contributed by atoms with Crippen molar-refractivity contribution in [2.45, 2.75) is 4.46 Å². The molecule has 1 heterocycles. The maximum atomic E-state index is 11.6. The van der Waals surface area contributed by atoms with Crippen LogP contribution in [0.1, 0.15) is 4.79 Å². The predicted molar refractivity (Wildman–Crippen MR) is 59.9 cm³/mol. The molecule has 0 amide bonds. The van der Waals surface area contributed by atoms with Gasteiger partial charge in [0.25, 0.3) is 15.9 Å². The van der Waals surface area contributed by atoms with E-state index in [9.17, 15) is 14.4 Å². The number of halogens is 4. The molecule has 0 radical (unpaired) electrons. The van der Waals surface area contributed by atoms with Crippen LogP contribution in [0.25, 0.3) is 0 Å². The van der Waals surface area contributed by atoms with Gasteiger partial charge in [0, 0.05) is 12.3 Å². The lowest BCUT2D eigenvalue weighted by Crippen LogP contribution is -2.49. The Balaban J connectivity index is 3.37. The maximum absolute atomic E-state index is 11.6. The number of nitrogens with zero attached hydrogens (tertiary/aromatic N) is 2. The Hall–Kier alpha value is -0.530. The first-order valence-electron chi connectivity index (χ1n) is 3.63. The summed E-state index contributed by atoms with van der Waals surface area (Å²) in [7, 11) is 0. The second-order valence-electron chi connectivity index (χ2n) is 2.54. The molecule has 0 saturated carbocycles. The molecule has 0 fully saturated rings. The average Bonchev–Trinajstić information content (AvgIpc) is 2.16. The van der Waals surface area contributed by atoms with Crippen LogP contribution in [-0.2, 0) is 0 Å². The predicted octanol–water partition coefficient (Wildman–Crippen LogP) is 0.918. The smallest absolute Gasteiger partial charge is 0.314 e. The minimum Gasteiger partial charge on any atom is -0.314 e. The van der Waals surface area contributed by atoms with Gasteiger partial charge in [0.05, 0.1) is 0 Å². The second-order valence-corrected chi connectivity index (χ2v) is 4.67. The van der Waals surface area contributed by atoms with E-state index in [1.807, 2.05) is 0 Å². The van der Waals surface area contributed by atoms with Crippen molar-refractivity contribution in [3.8, 4) is 0 Å². The van der Waals surface area contributed by atoms with Crippen LogP contribution in [0, 0.1) is 0 Å². The second kappa shape index (κ2) is 4.77. The first-order valence-corrected chi connectivity index (χ1v) is 5.07. The van der Waals surface area contributed by atoms with Crippen LogP contribution in [-0.4, -0.2) is 23.9 Å². The Morgan fingerprint density at radius 3 is 2.38 bits per heavy atom. The van der Waals surface area contributed by atoms with Gasteiger partial charge >= 0.3 is 5.69 Å². The largest absolute Gasteiger partial charge is 0.335 e. The molecule has 1 N–H and O–H groups in total. The molecule has 0 bridgehead atoms. The Morgan fingerprint density at radius 1 is 1.38 bits per heavy atom. The summed E-state index contributed by atoms with van der Waals surface area (Å²) >= 11 is 21.3. The number of alkyl halides is 2. The van der Waals surface area contributed by atoms with Gasteiger partial charge in [-0.1, -0.05) is 27.1 Å². The number of nitrogens with one attached hydrogen (secondary N) is 1. The van der Waals surface area contributed by atoms with Crippen molar-refractivity contribution < 1.29 is 4.79 Å². The van der Waals surface area contributed by atoms with Crippen LogP contribution >= 0.6 is 46.8 Å². The summed E-state index contributed by atoms with van der Waals surface area (Å²) < 4.78 is -2.14. The van der Waals surface area contributed by atoms with Crippen molar-refractivity contribution in [1.29, 1.82) is 0 Å². The lowest BCUT2D eigenvalue weighted by molar-refractivity contribution is 0.0854. The Bertz CT molecular complexity index is 492. The number of hydrogen-bond donors (Lipinski definition) is 1. The summed E-state index contributed by atoms with van der Waals surface area (Å²) in [6.07, 6.45) is 1.07. The molecule has 1 aromatic heterocycles. The van der Waals surface area contributed by atoms with Crippen molar-refractivity contribution in [3.63, 3.8) is 0 Å². The molecule has 6 nitrogen and oxygen atoms in total. The molecule has 0 aliphatic heterocycles. The van der Waals surface area contributed by atoms with E-state index in [0.717, 1.165) is 12.3 Å². The van der Waals surface area contributed by atoms with E-state index in [1.54, 1.807) is 0 Å². The van der Waals surface area contributed by atoms with Gasteiger partial charge in [0.1, 0.15) is 0 Å². The highest BCUT2D eigenvalue weighted by Gasteiger charge is 2.42. The van der Waals surface area contributed by atoms with Crippen LogP contribution in [0.4, 0.5) is 0 Å². The van der Waals surface area contributed by atoms with E-state index >= 15 is 0 Å². The summed E-state index contributed by atoms with van der Waals surface area (Å²) in [5.74, 6) is -1.28. The van der Waals surface area contributed by atoms with Gasteiger partial charge in [-0.05, 0) is 23.6 Å². The van der Waals surface area contributed by atoms with Gasteiger partial charge in [-0.3, -0.25) is 9.59 Å². The highest BCUT2D eigenvalue weighted by molar-refractivity contribution is 6.62. The van der Waals surface area contributed by atoms with Crippen molar-refractivity contribution in [2.75, 3.05) is 0 Å². The molecule has 1 aromatic rings. The third-order valence-corrected chi connectivity index (χ3v) is 3.04. The number of carbonyl (C=O) groups excluding carboxylic acids is 1. The summed E-state index contributed by atoms with van der Waals surface area (Å²) in [5, 5.41) is 0. The van der Waals surface area contributed by atoms with Crippen LogP contribution in [0.5, 0.6) is 0 Å². The third kappa shape index (κ3) is 2.41. The van der Waals surface area contributed by atoms with E-state index < -0.39 is 21.6 Å². The number of carbonyl (C=O) groups is 1. The first-order chi connectivity index (χ1) is 7.28. The third-order valence-electron chi connectivity index (χ3n) is 1.53. The van der Waals surface area contributed by atoms with Crippen LogP contribution < -0.4 is 11.2 Å².